The molecule has 0 saturated heterocycles. The van der Waals surface area contributed by atoms with Crippen LogP contribution in [-0.2, 0) is 0 Å². The Kier molecular flexibility index (Phi) is 3.42. The maximum atomic E-state index is 12.9. The number of anilines is 1. The summed E-state index contributed by atoms with van der Waals surface area (Å²) in [6, 6.07) is 0. The SMILES string of the molecule is CCNc1ncc(F)c(OCC)n1. The molecule has 72 valence electrons. The van der Waals surface area contributed by atoms with Crippen LogP contribution in [0.5, 0.6) is 5.88 Å². The van der Waals surface area contributed by atoms with Crippen molar-refractivity contribution >= 4 is 5.95 Å². The number of hydrogen-bond acceptors (Lipinski definition) is 4. The standard InChI is InChI=1S/C8H12FN3O/c1-3-10-8-11-5-6(9)7(12-8)13-4-2/h5H,3-4H2,1-2H3,(H,10,11,12). The van der Waals surface area contributed by atoms with E-state index in [0.717, 1.165) is 6.20 Å². The molecule has 1 aromatic rings. The maximum absolute atomic E-state index is 12.9. The Bertz CT molecular complexity index is 280. The molecule has 0 radical (unpaired) electrons. The Balaban J connectivity index is 2.83. The Hall–Kier alpha value is -1.39. The molecule has 1 rings (SSSR count). The predicted octanol–water partition coefficient (Wildman–Crippen LogP) is 1.45. The van der Waals surface area contributed by atoms with Gasteiger partial charge < -0.3 is 10.1 Å². The van der Waals surface area contributed by atoms with Crippen molar-refractivity contribution in [3.05, 3.63) is 12.0 Å². The van der Waals surface area contributed by atoms with Gasteiger partial charge in [-0.1, -0.05) is 0 Å². The molecule has 13 heavy (non-hydrogen) atoms. The highest BCUT2D eigenvalue weighted by Gasteiger charge is 2.06. The lowest BCUT2D eigenvalue weighted by molar-refractivity contribution is 0.306. The second-order valence-corrected chi connectivity index (χ2v) is 2.31. The maximum Gasteiger partial charge on any atom is 0.255 e. The van der Waals surface area contributed by atoms with Crippen LogP contribution in [0.1, 0.15) is 13.8 Å². The Morgan fingerprint density at radius 1 is 1.54 bits per heavy atom. The van der Waals surface area contributed by atoms with Crippen LogP contribution >= 0.6 is 0 Å². The van der Waals surface area contributed by atoms with E-state index in [0.29, 0.717) is 19.1 Å². The van der Waals surface area contributed by atoms with Crippen LogP contribution in [0.4, 0.5) is 10.3 Å². The number of hydrogen-bond donors (Lipinski definition) is 1. The zero-order chi connectivity index (χ0) is 9.68. The lowest BCUT2D eigenvalue weighted by atomic mass is 10.6. The summed E-state index contributed by atoms with van der Waals surface area (Å²) in [7, 11) is 0. The number of ether oxygens (including phenoxy) is 1. The average Bonchev–Trinajstić information content (AvgIpc) is 2.12. The van der Waals surface area contributed by atoms with E-state index in [1.807, 2.05) is 6.92 Å². The molecule has 4 nitrogen and oxygen atoms in total. The number of rotatable bonds is 4. The van der Waals surface area contributed by atoms with Crippen molar-refractivity contribution in [3.63, 3.8) is 0 Å². The van der Waals surface area contributed by atoms with Crippen LogP contribution in [-0.4, -0.2) is 23.1 Å². The van der Waals surface area contributed by atoms with Crippen molar-refractivity contribution < 1.29 is 9.13 Å². The number of halogens is 1. The van der Waals surface area contributed by atoms with Gasteiger partial charge >= 0.3 is 0 Å². The summed E-state index contributed by atoms with van der Waals surface area (Å²) in [5.74, 6) is -0.163. The molecule has 0 unspecified atom stereocenters. The van der Waals surface area contributed by atoms with Gasteiger partial charge in [-0.15, -0.1) is 0 Å². The molecule has 0 bridgehead atoms. The normalized spacial score (nSPS) is 9.77. The summed E-state index contributed by atoms with van der Waals surface area (Å²) < 4.78 is 17.9. The van der Waals surface area contributed by atoms with Crippen LogP contribution in [0.3, 0.4) is 0 Å². The molecule has 0 aromatic carbocycles. The van der Waals surface area contributed by atoms with Crippen molar-refractivity contribution in [1.82, 2.24) is 9.97 Å². The van der Waals surface area contributed by atoms with E-state index in [1.165, 1.54) is 0 Å². The Morgan fingerprint density at radius 3 is 2.92 bits per heavy atom. The van der Waals surface area contributed by atoms with Crippen LogP contribution in [0.25, 0.3) is 0 Å². The summed E-state index contributed by atoms with van der Waals surface area (Å²) >= 11 is 0. The van der Waals surface area contributed by atoms with E-state index >= 15 is 0 Å². The van der Waals surface area contributed by atoms with Gasteiger partial charge in [0.1, 0.15) is 0 Å². The molecule has 1 heterocycles. The summed E-state index contributed by atoms with van der Waals surface area (Å²) in [6.45, 7) is 4.76. The lowest BCUT2D eigenvalue weighted by Crippen LogP contribution is -2.05. The molecular formula is C8H12FN3O. The minimum Gasteiger partial charge on any atom is -0.476 e. The first-order valence-corrected chi connectivity index (χ1v) is 4.17. The van der Waals surface area contributed by atoms with Crippen LogP contribution in [0.2, 0.25) is 0 Å². The van der Waals surface area contributed by atoms with Crippen molar-refractivity contribution in [3.8, 4) is 5.88 Å². The molecule has 5 heteroatoms. The molecule has 0 aliphatic carbocycles. The average molecular weight is 185 g/mol. The second-order valence-electron chi connectivity index (χ2n) is 2.31. The van der Waals surface area contributed by atoms with E-state index < -0.39 is 5.82 Å². The van der Waals surface area contributed by atoms with Crippen molar-refractivity contribution in [2.24, 2.45) is 0 Å². The van der Waals surface area contributed by atoms with E-state index in [2.05, 4.69) is 15.3 Å². The molecule has 0 saturated carbocycles. The largest absolute Gasteiger partial charge is 0.476 e. The topological polar surface area (TPSA) is 47.0 Å². The molecule has 0 amide bonds. The van der Waals surface area contributed by atoms with Crippen LogP contribution < -0.4 is 10.1 Å². The minimum atomic E-state index is -0.538. The molecule has 0 aliphatic rings. The molecule has 0 aliphatic heterocycles. The first kappa shape index (κ1) is 9.70. The fourth-order valence-corrected chi connectivity index (χ4v) is 0.833. The quantitative estimate of drug-likeness (QED) is 0.771. The van der Waals surface area contributed by atoms with Gasteiger partial charge in [-0.05, 0) is 13.8 Å². The van der Waals surface area contributed by atoms with Gasteiger partial charge in [-0.3, -0.25) is 0 Å². The summed E-state index contributed by atoms with van der Waals surface area (Å²) in [4.78, 5) is 7.57. The molecular weight excluding hydrogens is 173 g/mol. The third-order valence-electron chi connectivity index (χ3n) is 1.33. The van der Waals surface area contributed by atoms with Gasteiger partial charge in [0, 0.05) is 6.54 Å². The van der Waals surface area contributed by atoms with Crippen molar-refractivity contribution in [1.29, 1.82) is 0 Å². The first-order valence-electron chi connectivity index (χ1n) is 4.17. The highest BCUT2D eigenvalue weighted by Crippen LogP contribution is 2.13. The van der Waals surface area contributed by atoms with Crippen molar-refractivity contribution in [2.45, 2.75) is 13.8 Å². The van der Waals surface area contributed by atoms with E-state index in [9.17, 15) is 4.39 Å². The van der Waals surface area contributed by atoms with Gasteiger partial charge in [-0.25, -0.2) is 4.98 Å². The molecule has 0 atom stereocenters. The Labute approximate surface area is 76.2 Å². The molecule has 1 N–H and O–H groups in total. The van der Waals surface area contributed by atoms with E-state index in [1.54, 1.807) is 6.92 Å². The van der Waals surface area contributed by atoms with Gasteiger partial charge in [0.25, 0.3) is 5.88 Å². The summed E-state index contributed by atoms with van der Waals surface area (Å²) in [5, 5.41) is 2.86. The zero-order valence-electron chi connectivity index (χ0n) is 7.67. The molecule has 0 fully saturated rings. The summed E-state index contributed by atoms with van der Waals surface area (Å²) in [6.07, 6.45) is 1.09. The lowest BCUT2D eigenvalue weighted by Gasteiger charge is -2.05. The Morgan fingerprint density at radius 2 is 2.31 bits per heavy atom. The van der Waals surface area contributed by atoms with Gasteiger partial charge in [0.15, 0.2) is 0 Å². The minimum absolute atomic E-state index is 0.00606. The number of nitrogens with one attached hydrogen (secondary N) is 1. The van der Waals surface area contributed by atoms with E-state index in [4.69, 9.17) is 4.74 Å². The monoisotopic (exact) mass is 185 g/mol. The fraction of sp³-hybridized carbons (Fsp3) is 0.500. The van der Waals surface area contributed by atoms with Gasteiger partial charge in [0.05, 0.1) is 12.8 Å². The fourth-order valence-electron chi connectivity index (χ4n) is 0.833. The van der Waals surface area contributed by atoms with Crippen LogP contribution in [0, 0.1) is 5.82 Å². The van der Waals surface area contributed by atoms with E-state index in [-0.39, 0.29) is 5.88 Å². The molecule has 1 aromatic heterocycles. The number of nitrogens with zero attached hydrogens (tertiary/aromatic N) is 2. The van der Waals surface area contributed by atoms with Gasteiger partial charge in [-0.2, -0.15) is 9.37 Å². The first-order chi connectivity index (χ1) is 6.27. The highest BCUT2D eigenvalue weighted by atomic mass is 19.1. The predicted molar refractivity (Wildman–Crippen MR) is 47.3 cm³/mol. The van der Waals surface area contributed by atoms with Gasteiger partial charge in [0.2, 0.25) is 11.8 Å². The van der Waals surface area contributed by atoms with Crippen molar-refractivity contribution in [2.75, 3.05) is 18.5 Å². The third-order valence-corrected chi connectivity index (χ3v) is 1.33. The summed E-state index contributed by atoms with van der Waals surface area (Å²) in [5.41, 5.74) is 0. The third kappa shape index (κ3) is 2.54. The number of aromatic nitrogens is 2. The zero-order valence-corrected chi connectivity index (χ0v) is 7.67. The smallest absolute Gasteiger partial charge is 0.255 e. The molecule has 0 spiro atoms. The second kappa shape index (κ2) is 4.59. The van der Waals surface area contributed by atoms with Crippen LogP contribution in [0.15, 0.2) is 6.20 Å². The highest BCUT2D eigenvalue weighted by molar-refractivity contribution is 5.27.